The lowest BCUT2D eigenvalue weighted by Crippen LogP contribution is -2.39. The molecule has 0 radical (unpaired) electrons. The number of carbonyl (C=O) groups excluding carboxylic acids is 1. The van der Waals surface area contributed by atoms with Crippen LogP contribution in [0, 0.1) is 5.41 Å². The molecule has 0 aromatic heterocycles. The van der Waals surface area contributed by atoms with Gasteiger partial charge in [-0.2, -0.15) is 0 Å². The molecule has 2 N–H and O–H groups in total. The van der Waals surface area contributed by atoms with Gasteiger partial charge in [0, 0.05) is 12.0 Å². The van der Waals surface area contributed by atoms with Crippen LogP contribution in [0.2, 0.25) is 0 Å². The number of rotatable bonds is 6. The topological polar surface area (TPSA) is 49.3 Å². The summed E-state index contributed by atoms with van der Waals surface area (Å²) in [5.41, 5.74) is -0.0296. The summed E-state index contributed by atoms with van der Waals surface area (Å²) in [7, 11) is 0. The normalized spacial score (nSPS) is 19.0. The second-order valence-corrected chi connectivity index (χ2v) is 6.57. The van der Waals surface area contributed by atoms with E-state index in [1.807, 2.05) is 0 Å². The lowest BCUT2D eigenvalue weighted by molar-refractivity contribution is -0.119. The number of hydrogen-bond donors (Lipinski definition) is 2. The fraction of sp³-hybridized carbons (Fsp3) is 0.917. The fourth-order valence-corrected chi connectivity index (χ4v) is 2.68. The summed E-state index contributed by atoms with van der Waals surface area (Å²) in [6.45, 7) is 5.01. The minimum absolute atomic E-state index is 0.0296. The van der Waals surface area contributed by atoms with Crippen LogP contribution in [-0.2, 0) is 4.79 Å². The van der Waals surface area contributed by atoms with E-state index < -0.39 is 0 Å². The predicted octanol–water partition coefficient (Wildman–Crippen LogP) is 1.80. The van der Waals surface area contributed by atoms with Gasteiger partial charge in [0.1, 0.15) is 0 Å². The van der Waals surface area contributed by atoms with Gasteiger partial charge < -0.3 is 10.4 Å². The predicted molar refractivity (Wildman–Crippen MR) is 68.6 cm³/mol. The Morgan fingerprint density at radius 3 is 2.56 bits per heavy atom. The van der Waals surface area contributed by atoms with Gasteiger partial charge in [0.15, 0.2) is 0 Å². The van der Waals surface area contributed by atoms with Crippen molar-refractivity contribution in [3.8, 4) is 0 Å². The molecule has 1 fully saturated rings. The van der Waals surface area contributed by atoms with Crippen molar-refractivity contribution in [3.05, 3.63) is 0 Å². The quantitative estimate of drug-likeness (QED) is 0.750. The van der Waals surface area contributed by atoms with Crippen LogP contribution in [0.15, 0.2) is 0 Å². The third-order valence-electron chi connectivity index (χ3n) is 3.21. The Morgan fingerprint density at radius 2 is 2.06 bits per heavy atom. The molecule has 4 heteroatoms. The van der Waals surface area contributed by atoms with Crippen molar-refractivity contribution in [2.24, 2.45) is 5.41 Å². The molecular weight excluding hydrogens is 222 g/mol. The molecule has 16 heavy (non-hydrogen) atoms. The zero-order valence-corrected chi connectivity index (χ0v) is 11.1. The first-order valence-electron chi connectivity index (χ1n) is 6.07. The van der Waals surface area contributed by atoms with Crippen molar-refractivity contribution in [2.45, 2.75) is 44.8 Å². The lowest BCUT2D eigenvalue weighted by atomic mass is 9.87. The van der Waals surface area contributed by atoms with Crippen molar-refractivity contribution in [1.29, 1.82) is 0 Å². The summed E-state index contributed by atoms with van der Waals surface area (Å²) in [4.78, 5) is 11.5. The van der Waals surface area contributed by atoms with Crippen molar-refractivity contribution in [2.75, 3.05) is 18.9 Å². The van der Waals surface area contributed by atoms with E-state index in [1.165, 1.54) is 12.8 Å². The first kappa shape index (κ1) is 13.8. The molecule has 1 rings (SSSR count). The molecule has 3 nitrogen and oxygen atoms in total. The molecule has 0 aliphatic heterocycles. The Hall–Kier alpha value is -0.220. The molecule has 0 heterocycles. The van der Waals surface area contributed by atoms with Crippen LogP contribution in [0.1, 0.15) is 39.5 Å². The molecule has 0 aromatic carbocycles. The molecule has 0 aromatic rings. The molecule has 1 aliphatic carbocycles. The minimum atomic E-state index is -0.0296. The molecule has 0 spiro atoms. The van der Waals surface area contributed by atoms with Gasteiger partial charge in [0.25, 0.3) is 0 Å². The molecule has 0 saturated heterocycles. The van der Waals surface area contributed by atoms with E-state index in [4.69, 9.17) is 0 Å². The highest BCUT2D eigenvalue weighted by molar-refractivity contribution is 8.00. The van der Waals surface area contributed by atoms with Gasteiger partial charge in [-0.3, -0.25) is 4.79 Å². The Balaban J connectivity index is 2.24. The number of carbonyl (C=O) groups is 1. The van der Waals surface area contributed by atoms with E-state index in [0.717, 1.165) is 12.8 Å². The number of thioether (sulfide) groups is 1. The van der Waals surface area contributed by atoms with Crippen molar-refractivity contribution in [1.82, 2.24) is 5.32 Å². The summed E-state index contributed by atoms with van der Waals surface area (Å²) in [6, 6.07) is 0. The summed E-state index contributed by atoms with van der Waals surface area (Å²) in [6.07, 6.45) is 4.44. The van der Waals surface area contributed by atoms with E-state index in [2.05, 4.69) is 19.2 Å². The second kappa shape index (κ2) is 6.50. The van der Waals surface area contributed by atoms with Gasteiger partial charge >= 0.3 is 0 Å². The molecule has 1 amide bonds. The fourth-order valence-electron chi connectivity index (χ4n) is 2.10. The van der Waals surface area contributed by atoms with Gasteiger partial charge in [0.05, 0.1) is 12.4 Å². The average molecular weight is 245 g/mol. The molecule has 0 atom stereocenters. The number of aliphatic hydroxyl groups is 1. The smallest absolute Gasteiger partial charge is 0.230 e. The third kappa shape index (κ3) is 4.34. The second-order valence-electron chi connectivity index (χ2n) is 5.00. The Kier molecular flexibility index (Phi) is 5.62. The standard InChI is InChI=1S/C12H23NO2S/c1-10(2)16-7-11(15)13-8-12(9-14)5-3-4-6-12/h10,14H,3-9H2,1-2H3,(H,13,15). The first-order chi connectivity index (χ1) is 7.58. The molecule has 1 aliphatic rings. The van der Waals surface area contributed by atoms with Gasteiger partial charge in [-0.1, -0.05) is 26.7 Å². The maximum absolute atomic E-state index is 11.5. The maximum atomic E-state index is 11.5. The zero-order chi connectivity index (χ0) is 12.0. The molecule has 1 saturated carbocycles. The van der Waals surface area contributed by atoms with Gasteiger partial charge in [-0.15, -0.1) is 11.8 Å². The van der Waals surface area contributed by atoms with Crippen LogP contribution in [0.5, 0.6) is 0 Å². The average Bonchev–Trinajstić information content (AvgIpc) is 2.73. The lowest BCUT2D eigenvalue weighted by Gasteiger charge is -2.26. The van der Waals surface area contributed by atoms with Crippen molar-refractivity contribution >= 4 is 17.7 Å². The highest BCUT2D eigenvalue weighted by Gasteiger charge is 2.33. The van der Waals surface area contributed by atoms with Crippen LogP contribution in [0.25, 0.3) is 0 Å². The molecule has 0 unspecified atom stereocenters. The van der Waals surface area contributed by atoms with Gasteiger partial charge in [0.2, 0.25) is 5.91 Å². The maximum Gasteiger partial charge on any atom is 0.230 e. The molecule has 0 bridgehead atoms. The summed E-state index contributed by atoms with van der Waals surface area (Å²) in [5, 5.41) is 12.8. The SMILES string of the molecule is CC(C)SCC(=O)NCC1(CO)CCCC1. The van der Waals surface area contributed by atoms with E-state index in [0.29, 0.717) is 17.5 Å². The van der Waals surface area contributed by atoms with Crippen LogP contribution >= 0.6 is 11.8 Å². The van der Waals surface area contributed by atoms with E-state index in [9.17, 15) is 9.90 Å². The number of aliphatic hydroxyl groups excluding tert-OH is 1. The van der Waals surface area contributed by atoms with Crippen LogP contribution < -0.4 is 5.32 Å². The zero-order valence-electron chi connectivity index (χ0n) is 10.3. The minimum Gasteiger partial charge on any atom is -0.396 e. The number of nitrogens with one attached hydrogen (secondary N) is 1. The highest BCUT2D eigenvalue weighted by atomic mass is 32.2. The highest BCUT2D eigenvalue weighted by Crippen LogP contribution is 2.36. The van der Waals surface area contributed by atoms with Gasteiger partial charge in [-0.05, 0) is 18.1 Å². The van der Waals surface area contributed by atoms with Crippen LogP contribution in [0.3, 0.4) is 0 Å². The first-order valence-corrected chi connectivity index (χ1v) is 7.12. The molecular formula is C12H23NO2S. The van der Waals surface area contributed by atoms with Crippen molar-refractivity contribution in [3.63, 3.8) is 0 Å². The largest absolute Gasteiger partial charge is 0.396 e. The van der Waals surface area contributed by atoms with E-state index in [1.54, 1.807) is 11.8 Å². The molecule has 94 valence electrons. The summed E-state index contributed by atoms with van der Waals surface area (Å²) in [5.74, 6) is 0.623. The number of amides is 1. The summed E-state index contributed by atoms with van der Waals surface area (Å²) >= 11 is 1.65. The van der Waals surface area contributed by atoms with E-state index >= 15 is 0 Å². The number of hydrogen-bond acceptors (Lipinski definition) is 3. The van der Waals surface area contributed by atoms with Crippen LogP contribution in [-0.4, -0.2) is 35.2 Å². The third-order valence-corrected chi connectivity index (χ3v) is 4.30. The van der Waals surface area contributed by atoms with Crippen molar-refractivity contribution < 1.29 is 9.90 Å². The Morgan fingerprint density at radius 1 is 1.44 bits per heavy atom. The Labute approximate surface area is 102 Å². The van der Waals surface area contributed by atoms with Crippen LogP contribution in [0.4, 0.5) is 0 Å². The summed E-state index contributed by atoms with van der Waals surface area (Å²) < 4.78 is 0. The Bertz CT molecular complexity index is 225. The monoisotopic (exact) mass is 245 g/mol. The van der Waals surface area contributed by atoms with E-state index in [-0.39, 0.29) is 17.9 Å². The van der Waals surface area contributed by atoms with Gasteiger partial charge in [-0.25, -0.2) is 0 Å².